The van der Waals surface area contributed by atoms with E-state index in [0.717, 1.165) is 12.1 Å². The number of carboxylic acid groups (broad SMARTS) is 1. The standard InChI is InChI=1S/C15H9F2N3O3/c16-8-4-7(5-9(17)6-8)13(21)20-15-18-11-3-1-2-10(14(22)23)12(11)19-15/h1-6H,(H,22,23)(H2,18,19,20,21). The molecular formula is C15H9F2N3O3. The van der Waals surface area contributed by atoms with Crippen molar-refractivity contribution in [1.82, 2.24) is 9.97 Å². The number of carboxylic acids is 1. The second-order valence-electron chi connectivity index (χ2n) is 4.70. The van der Waals surface area contributed by atoms with Crippen molar-refractivity contribution in [3.05, 3.63) is 59.2 Å². The predicted molar refractivity (Wildman–Crippen MR) is 77.4 cm³/mol. The van der Waals surface area contributed by atoms with E-state index in [4.69, 9.17) is 5.11 Å². The fraction of sp³-hybridized carbons (Fsp3) is 0. The molecule has 0 atom stereocenters. The topological polar surface area (TPSA) is 95.1 Å². The number of anilines is 1. The normalized spacial score (nSPS) is 10.7. The molecule has 6 nitrogen and oxygen atoms in total. The molecule has 3 aromatic rings. The molecule has 0 radical (unpaired) electrons. The summed E-state index contributed by atoms with van der Waals surface area (Å²) in [6.07, 6.45) is 0. The fourth-order valence-electron chi connectivity index (χ4n) is 2.13. The zero-order chi connectivity index (χ0) is 16.6. The number of carbonyl (C=O) groups is 2. The number of rotatable bonds is 3. The van der Waals surface area contributed by atoms with Crippen LogP contribution in [0.3, 0.4) is 0 Å². The SMILES string of the molecule is O=C(Nc1nc2c(C(=O)O)cccc2[nH]1)c1cc(F)cc(F)c1. The molecule has 8 heteroatoms. The van der Waals surface area contributed by atoms with Gasteiger partial charge in [-0.05, 0) is 24.3 Å². The first-order valence-electron chi connectivity index (χ1n) is 6.43. The van der Waals surface area contributed by atoms with Crippen molar-refractivity contribution in [2.24, 2.45) is 0 Å². The zero-order valence-electron chi connectivity index (χ0n) is 11.4. The largest absolute Gasteiger partial charge is 0.478 e. The summed E-state index contributed by atoms with van der Waals surface area (Å²) in [4.78, 5) is 29.8. The fourth-order valence-corrected chi connectivity index (χ4v) is 2.13. The smallest absolute Gasteiger partial charge is 0.337 e. The van der Waals surface area contributed by atoms with Crippen molar-refractivity contribution in [3.8, 4) is 0 Å². The highest BCUT2D eigenvalue weighted by molar-refractivity contribution is 6.05. The molecule has 23 heavy (non-hydrogen) atoms. The van der Waals surface area contributed by atoms with Crippen molar-refractivity contribution in [3.63, 3.8) is 0 Å². The number of aromatic carboxylic acids is 1. The van der Waals surface area contributed by atoms with E-state index in [-0.39, 0.29) is 22.6 Å². The predicted octanol–water partition coefficient (Wildman–Crippen LogP) is 2.79. The molecule has 3 N–H and O–H groups in total. The number of fused-ring (bicyclic) bond motifs is 1. The Morgan fingerprint density at radius 3 is 2.48 bits per heavy atom. The van der Waals surface area contributed by atoms with Gasteiger partial charge in [0.1, 0.15) is 17.2 Å². The number of carbonyl (C=O) groups excluding carboxylic acids is 1. The van der Waals surface area contributed by atoms with Gasteiger partial charge in [-0.25, -0.2) is 18.6 Å². The van der Waals surface area contributed by atoms with E-state index < -0.39 is 23.5 Å². The third kappa shape index (κ3) is 2.86. The molecule has 0 aliphatic heterocycles. The number of H-pyrrole nitrogens is 1. The van der Waals surface area contributed by atoms with Crippen LogP contribution in [0.5, 0.6) is 0 Å². The van der Waals surface area contributed by atoms with Crippen LogP contribution < -0.4 is 5.32 Å². The maximum Gasteiger partial charge on any atom is 0.337 e. The number of para-hydroxylation sites is 1. The van der Waals surface area contributed by atoms with Gasteiger partial charge in [-0.1, -0.05) is 6.07 Å². The molecule has 116 valence electrons. The number of imidazole rings is 1. The lowest BCUT2D eigenvalue weighted by atomic mass is 10.2. The molecule has 0 bridgehead atoms. The van der Waals surface area contributed by atoms with Crippen LogP contribution in [0.2, 0.25) is 0 Å². The number of nitrogens with zero attached hydrogens (tertiary/aromatic N) is 1. The molecule has 0 unspecified atom stereocenters. The van der Waals surface area contributed by atoms with Crippen LogP contribution in [-0.2, 0) is 0 Å². The van der Waals surface area contributed by atoms with Gasteiger partial charge >= 0.3 is 5.97 Å². The first-order valence-corrected chi connectivity index (χ1v) is 6.43. The zero-order valence-corrected chi connectivity index (χ0v) is 11.4. The molecule has 0 saturated carbocycles. The Kier molecular flexibility index (Phi) is 3.49. The Labute approximate surface area is 127 Å². The van der Waals surface area contributed by atoms with Gasteiger partial charge in [0, 0.05) is 11.6 Å². The van der Waals surface area contributed by atoms with Gasteiger partial charge in [0.25, 0.3) is 5.91 Å². The minimum absolute atomic E-state index is 0.0247. The third-order valence-corrected chi connectivity index (χ3v) is 3.10. The van der Waals surface area contributed by atoms with Crippen LogP contribution in [-0.4, -0.2) is 27.0 Å². The van der Waals surface area contributed by atoms with Crippen LogP contribution in [0.25, 0.3) is 11.0 Å². The minimum atomic E-state index is -1.16. The molecule has 0 saturated heterocycles. The number of amides is 1. The van der Waals surface area contributed by atoms with Gasteiger partial charge in [-0.3, -0.25) is 10.1 Å². The van der Waals surface area contributed by atoms with Crippen LogP contribution >= 0.6 is 0 Å². The quantitative estimate of drug-likeness (QED) is 0.692. The second kappa shape index (κ2) is 5.48. The summed E-state index contributed by atoms with van der Waals surface area (Å²) in [7, 11) is 0. The van der Waals surface area contributed by atoms with Crippen molar-refractivity contribution in [2.45, 2.75) is 0 Å². The van der Waals surface area contributed by atoms with Gasteiger partial charge in [0.15, 0.2) is 0 Å². The molecule has 1 aromatic heterocycles. The van der Waals surface area contributed by atoms with E-state index in [9.17, 15) is 18.4 Å². The van der Waals surface area contributed by atoms with Crippen molar-refractivity contribution in [2.75, 3.05) is 5.32 Å². The van der Waals surface area contributed by atoms with Crippen LogP contribution in [0.4, 0.5) is 14.7 Å². The van der Waals surface area contributed by atoms with E-state index in [1.54, 1.807) is 6.07 Å². The Bertz CT molecular complexity index is 917. The maximum absolute atomic E-state index is 13.1. The van der Waals surface area contributed by atoms with Crippen LogP contribution in [0.1, 0.15) is 20.7 Å². The molecule has 3 rings (SSSR count). The number of hydrogen-bond donors (Lipinski definition) is 3. The van der Waals surface area contributed by atoms with E-state index in [2.05, 4.69) is 15.3 Å². The molecule has 2 aromatic carbocycles. The first kappa shape index (κ1) is 14.6. The summed E-state index contributed by atoms with van der Waals surface area (Å²) < 4.78 is 26.3. The highest BCUT2D eigenvalue weighted by Gasteiger charge is 2.15. The highest BCUT2D eigenvalue weighted by atomic mass is 19.1. The maximum atomic E-state index is 13.1. The van der Waals surface area contributed by atoms with Gasteiger partial charge < -0.3 is 10.1 Å². The summed E-state index contributed by atoms with van der Waals surface area (Å²) in [5.74, 6) is -3.73. The number of nitrogens with one attached hydrogen (secondary N) is 2. The number of hydrogen-bond acceptors (Lipinski definition) is 3. The first-order chi connectivity index (χ1) is 10.9. The summed E-state index contributed by atoms with van der Waals surface area (Å²) in [5, 5.41) is 11.4. The van der Waals surface area contributed by atoms with Crippen molar-refractivity contribution >= 4 is 28.9 Å². The third-order valence-electron chi connectivity index (χ3n) is 3.10. The lowest BCUT2D eigenvalue weighted by molar-refractivity contribution is 0.0698. The lowest BCUT2D eigenvalue weighted by Crippen LogP contribution is -2.13. The van der Waals surface area contributed by atoms with Crippen LogP contribution in [0, 0.1) is 11.6 Å². The van der Waals surface area contributed by atoms with Gasteiger partial charge in [0.05, 0.1) is 11.1 Å². The van der Waals surface area contributed by atoms with Gasteiger partial charge in [-0.15, -0.1) is 0 Å². The minimum Gasteiger partial charge on any atom is -0.478 e. The van der Waals surface area contributed by atoms with Crippen LogP contribution in [0.15, 0.2) is 36.4 Å². The molecule has 1 heterocycles. The number of aromatic nitrogens is 2. The highest BCUT2D eigenvalue weighted by Crippen LogP contribution is 2.19. The molecule has 1 amide bonds. The Balaban J connectivity index is 1.94. The second-order valence-corrected chi connectivity index (χ2v) is 4.70. The van der Waals surface area contributed by atoms with Crippen molar-refractivity contribution < 1.29 is 23.5 Å². The monoisotopic (exact) mass is 317 g/mol. The van der Waals surface area contributed by atoms with Crippen molar-refractivity contribution in [1.29, 1.82) is 0 Å². The van der Waals surface area contributed by atoms with E-state index >= 15 is 0 Å². The van der Waals surface area contributed by atoms with E-state index in [0.29, 0.717) is 11.6 Å². The van der Waals surface area contributed by atoms with E-state index in [1.807, 2.05) is 0 Å². The molecule has 0 fully saturated rings. The Morgan fingerprint density at radius 2 is 1.83 bits per heavy atom. The molecule has 0 aliphatic carbocycles. The van der Waals surface area contributed by atoms with E-state index in [1.165, 1.54) is 12.1 Å². The lowest BCUT2D eigenvalue weighted by Gasteiger charge is -2.02. The summed E-state index contributed by atoms with van der Waals surface area (Å²) in [5.41, 5.74) is 0.323. The average Bonchev–Trinajstić information content (AvgIpc) is 2.87. The Morgan fingerprint density at radius 1 is 1.13 bits per heavy atom. The summed E-state index contributed by atoms with van der Waals surface area (Å²) in [6, 6.07) is 6.90. The number of halogens is 2. The van der Waals surface area contributed by atoms with Gasteiger partial charge in [-0.2, -0.15) is 0 Å². The number of benzene rings is 2. The summed E-state index contributed by atoms with van der Waals surface area (Å²) in [6.45, 7) is 0. The summed E-state index contributed by atoms with van der Waals surface area (Å²) >= 11 is 0. The molecule has 0 spiro atoms. The number of aromatic amines is 1. The molecule has 0 aliphatic rings. The molecular weight excluding hydrogens is 308 g/mol. The average molecular weight is 317 g/mol. The van der Waals surface area contributed by atoms with Gasteiger partial charge in [0.2, 0.25) is 5.95 Å². The Hall–Kier alpha value is -3.29.